The highest BCUT2D eigenvalue weighted by atomic mass is 15.0. The summed E-state index contributed by atoms with van der Waals surface area (Å²) < 4.78 is 4.74. The molecule has 0 aliphatic heterocycles. The second kappa shape index (κ2) is 13.1. The maximum absolute atomic E-state index is 12.3. The molecule has 0 fully saturated rings. The van der Waals surface area contributed by atoms with E-state index in [1.165, 1.54) is 32.3 Å². The number of fused-ring (bicyclic) bond motifs is 6. The molecule has 0 bridgehead atoms. The first-order chi connectivity index (χ1) is 31.8. The van der Waals surface area contributed by atoms with Crippen LogP contribution in [0.1, 0.15) is 5.56 Å². The van der Waals surface area contributed by atoms with Crippen molar-refractivity contribution in [2.24, 2.45) is 0 Å². The van der Waals surface area contributed by atoms with E-state index in [0.717, 1.165) is 99.4 Å². The molecule has 0 saturated carbocycles. The summed E-state index contributed by atoms with van der Waals surface area (Å²) >= 11 is 0. The van der Waals surface area contributed by atoms with E-state index >= 15 is 0 Å². The van der Waals surface area contributed by atoms with Crippen molar-refractivity contribution in [3.63, 3.8) is 0 Å². The lowest BCUT2D eigenvalue weighted by molar-refractivity contribution is 1.12. The van der Waals surface area contributed by atoms with Crippen molar-refractivity contribution in [2.45, 2.75) is 0 Å². The van der Waals surface area contributed by atoms with Gasteiger partial charge in [-0.2, -0.15) is 5.26 Å². The molecule has 0 unspecified atom stereocenters. The predicted molar refractivity (Wildman–Crippen MR) is 264 cm³/mol. The Hall–Kier alpha value is -8.85. The molecule has 64 heavy (non-hydrogen) atoms. The molecule has 0 spiro atoms. The molecule has 14 aromatic rings. The Morgan fingerprint density at radius 1 is 0.328 bits per heavy atom. The molecule has 5 heteroatoms. The van der Waals surface area contributed by atoms with E-state index in [-0.39, 0.29) is 0 Å². The second-order valence-electron chi connectivity index (χ2n) is 16.7. The number of hydrogen-bond donors (Lipinski definition) is 0. The molecule has 0 N–H and O–H groups in total. The average molecular weight is 812 g/mol. The van der Waals surface area contributed by atoms with Gasteiger partial charge in [-0.05, 0) is 62.5 Å². The van der Waals surface area contributed by atoms with Crippen LogP contribution in [0.25, 0.3) is 132 Å². The van der Waals surface area contributed by atoms with Gasteiger partial charge in [-0.3, -0.25) is 9.97 Å². The minimum absolute atomic E-state index is 0.566. The molecule has 0 saturated heterocycles. The third-order valence-electron chi connectivity index (χ3n) is 13.5. The zero-order valence-corrected chi connectivity index (χ0v) is 34.3. The number of rotatable bonds is 5. The van der Waals surface area contributed by atoms with Gasteiger partial charge in [-0.25, -0.2) is 0 Å². The van der Waals surface area contributed by atoms with Crippen LogP contribution in [0, 0.1) is 11.3 Å². The lowest BCUT2D eigenvalue weighted by Crippen LogP contribution is -2.11. The Balaban J connectivity index is 1.30. The molecular formula is C59H33N5. The molecule has 0 amide bonds. The molecule has 4 aromatic heterocycles. The van der Waals surface area contributed by atoms with E-state index in [1.807, 2.05) is 12.4 Å². The topological polar surface area (TPSA) is 59.4 Å². The fraction of sp³-hybridized carbons (Fsp3) is 0. The zero-order chi connectivity index (χ0) is 42.0. The summed E-state index contributed by atoms with van der Waals surface area (Å²) in [6, 6.07) is 69.6. The summed E-state index contributed by atoms with van der Waals surface area (Å²) in [7, 11) is 0. The van der Waals surface area contributed by atoms with Crippen LogP contribution in [0.5, 0.6) is 0 Å². The van der Waals surface area contributed by atoms with E-state index in [1.54, 1.807) is 0 Å². The second-order valence-corrected chi connectivity index (χ2v) is 16.7. The molecule has 294 valence electrons. The highest BCUT2D eigenvalue weighted by Crippen LogP contribution is 2.54. The third kappa shape index (κ3) is 4.50. The predicted octanol–water partition coefficient (Wildman–Crippen LogP) is 15.0. The Morgan fingerprint density at radius 3 is 1.11 bits per heavy atom. The number of pyridine rings is 2. The smallest absolute Gasteiger partial charge is 0.104 e. The minimum Gasteiger partial charge on any atom is -0.307 e. The van der Waals surface area contributed by atoms with Gasteiger partial charge in [0.2, 0.25) is 0 Å². The van der Waals surface area contributed by atoms with E-state index in [2.05, 4.69) is 203 Å². The van der Waals surface area contributed by atoms with Crippen molar-refractivity contribution in [3.05, 3.63) is 206 Å². The summed E-state index contributed by atoms with van der Waals surface area (Å²) in [6.45, 7) is 0. The van der Waals surface area contributed by atoms with Crippen molar-refractivity contribution in [2.75, 3.05) is 0 Å². The van der Waals surface area contributed by atoms with Crippen LogP contribution in [-0.2, 0) is 0 Å². The lowest BCUT2D eigenvalue weighted by Gasteiger charge is -2.27. The van der Waals surface area contributed by atoms with Gasteiger partial charge in [0.1, 0.15) is 11.6 Å². The van der Waals surface area contributed by atoms with Gasteiger partial charge in [0.25, 0.3) is 0 Å². The van der Waals surface area contributed by atoms with Crippen LogP contribution in [0.4, 0.5) is 0 Å². The normalized spacial score (nSPS) is 12.0. The van der Waals surface area contributed by atoms with Crippen LogP contribution >= 0.6 is 0 Å². The van der Waals surface area contributed by atoms with Gasteiger partial charge in [-0.1, -0.05) is 164 Å². The number of nitrogens with zero attached hydrogens (tertiary/aromatic N) is 5. The quantitative estimate of drug-likeness (QED) is 0.163. The van der Waals surface area contributed by atoms with Crippen LogP contribution < -0.4 is 0 Å². The summed E-state index contributed by atoms with van der Waals surface area (Å²) in [5.74, 6) is 0. The first-order valence-electron chi connectivity index (χ1n) is 21.6. The standard InChI is InChI=1S/C59H33N5/c60-34-44-58(63-45-28-14-26-40-38-22-10-11-23-39(38)41-27-15-29-46(63)53(41)52(40)45)50(36-18-6-2-7-19-36)49(35-16-4-1-5-17-35)51(37-20-8-3-9-21-37)59(44)64-47-30-32-61-56-42-24-12-13-25-43(42)57-55(54(47)56)48(64)31-33-62-57/h1-33H. The molecule has 14 rings (SSSR count). The molecule has 0 aliphatic rings. The Bertz CT molecular complexity index is 3810. The molecule has 0 aliphatic carbocycles. The molecule has 0 radical (unpaired) electrons. The van der Waals surface area contributed by atoms with Crippen molar-refractivity contribution in [1.29, 1.82) is 5.26 Å². The molecule has 10 aromatic carbocycles. The SMILES string of the molecule is N#Cc1c(-n2c3cccc4c5ccccc5c5cccc2c5c43)c(-c2ccccc2)c(-c2ccccc2)c(-c2ccccc2)c1-n1c2ccnc3c4ccccc4c4nccc1c4c32. The number of benzene rings is 10. The maximum Gasteiger partial charge on any atom is 0.104 e. The molecular weight excluding hydrogens is 779 g/mol. The van der Waals surface area contributed by atoms with Crippen LogP contribution in [-0.4, -0.2) is 19.1 Å². The average Bonchev–Trinajstić information content (AvgIpc) is 3.89. The number of nitriles is 1. The first kappa shape index (κ1) is 34.8. The van der Waals surface area contributed by atoms with Gasteiger partial charge < -0.3 is 9.13 Å². The van der Waals surface area contributed by atoms with Crippen molar-refractivity contribution in [1.82, 2.24) is 19.1 Å². The fourth-order valence-corrected chi connectivity index (χ4v) is 11.1. The van der Waals surface area contributed by atoms with Gasteiger partial charge in [0.15, 0.2) is 0 Å². The highest BCUT2D eigenvalue weighted by molar-refractivity contribution is 6.35. The van der Waals surface area contributed by atoms with Crippen LogP contribution in [0.15, 0.2) is 200 Å². The summed E-state index contributed by atoms with van der Waals surface area (Å²) in [5, 5.41) is 23.7. The van der Waals surface area contributed by atoms with Crippen molar-refractivity contribution >= 4 is 87.0 Å². The van der Waals surface area contributed by atoms with E-state index in [4.69, 9.17) is 9.97 Å². The zero-order valence-electron chi connectivity index (χ0n) is 34.3. The Kier molecular flexibility index (Phi) is 7.12. The molecule has 0 atom stereocenters. The van der Waals surface area contributed by atoms with Gasteiger partial charge in [-0.15, -0.1) is 0 Å². The monoisotopic (exact) mass is 811 g/mol. The Morgan fingerprint density at radius 2 is 0.688 bits per heavy atom. The summed E-state index contributed by atoms with van der Waals surface area (Å²) in [4.78, 5) is 10.1. The Labute approximate surface area is 366 Å². The van der Waals surface area contributed by atoms with E-state index < -0.39 is 0 Å². The van der Waals surface area contributed by atoms with Crippen LogP contribution in [0.2, 0.25) is 0 Å². The maximum atomic E-state index is 12.3. The summed E-state index contributed by atoms with van der Waals surface area (Å²) in [6.07, 6.45) is 3.83. The van der Waals surface area contributed by atoms with Crippen molar-refractivity contribution in [3.8, 4) is 50.8 Å². The summed E-state index contributed by atoms with van der Waals surface area (Å²) in [5.41, 5.74) is 14.2. The fourth-order valence-electron chi connectivity index (χ4n) is 11.1. The number of aromatic nitrogens is 4. The minimum atomic E-state index is 0.566. The largest absolute Gasteiger partial charge is 0.307 e. The molecule has 4 heterocycles. The van der Waals surface area contributed by atoms with Crippen molar-refractivity contribution < 1.29 is 0 Å². The van der Waals surface area contributed by atoms with Gasteiger partial charge in [0.05, 0.1) is 44.5 Å². The van der Waals surface area contributed by atoms with Gasteiger partial charge >= 0.3 is 0 Å². The first-order valence-corrected chi connectivity index (χ1v) is 21.6. The highest BCUT2D eigenvalue weighted by Gasteiger charge is 2.33. The lowest BCUT2D eigenvalue weighted by atomic mass is 9.82. The van der Waals surface area contributed by atoms with E-state index in [0.29, 0.717) is 5.56 Å². The van der Waals surface area contributed by atoms with E-state index in [9.17, 15) is 5.26 Å². The number of hydrogen-bond acceptors (Lipinski definition) is 3. The molecule has 5 nitrogen and oxygen atoms in total. The van der Waals surface area contributed by atoms with Gasteiger partial charge in [0, 0.05) is 61.4 Å². The van der Waals surface area contributed by atoms with Crippen LogP contribution in [0.3, 0.4) is 0 Å². The third-order valence-corrected chi connectivity index (χ3v) is 13.5.